The number of non-ortho nitro benzene ring substituents is 1. The van der Waals surface area contributed by atoms with Crippen molar-refractivity contribution < 1.29 is 4.92 Å². The minimum Gasteiger partial charge on any atom is -0.356 e. The van der Waals surface area contributed by atoms with Gasteiger partial charge in [0.1, 0.15) is 0 Å². The summed E-state index contributed by atoms with van der Waals surface area (Å²) < 4.78 is 0. The molecule has 2 aromatic rings. The van der Waals surface area contributed by atoms with Gasteiger partial charge in [-0.2, -0.15) is 0 Å². The lowest BCUT2D eigenvalue weighted by Crippen LogP contribution is -2.05. The van der Waals surface area contributed by atoms with Gasteiger partial charge in [0.25, 0.3) is 5.69 Å². The number of nitro benzene ring substituents is 1. The number of nitrogens with one attached hydrogen (secondary N) is 2. The number of anilines is 1. The normalized spacial score (nSPS) is 11.1. The van der Waals surface area contributed by atoms with Crippen molar-refractivity contribution in [1.29, 1.82) is 0 Å². The number of fused-ring (bicyclic) bond motifs is 1. The number of nitrogens with zero attached hydrogens (tertiary/aromatic N) is 2. The molecule has 1 aromatic heterocycles. The molecule has 0 spiro atoms. The predicted octanol–water partition coefficient (Wildman–Crippen LogP) is 2.93. The Morgan fingerprint density at radius 1 is 1.50 bits per heavy atom. The Labute approximate surface area is 105 Å². The van der Waals surface area contributed by atoms with E-state index in [0.29, 0.717) is 17.4 Å². The zero-order chi connectivity index (χ0) is 13.1. The van der Waals surface area contributed by atoms with Gasteiger partial charge in [-0.3, -0.25) is 10.1 Å². The molecule has 0 aliphatic carbocycles. The van der Waals surface area contributed by atoms with Gasteiger partial charge in [0.05, 0.1) is 16.0 Å². The van der Waals surface area contributed by atoms with Crippen molar-refractivity contribution in [2.75, 3.05) is 11.9 Å². The van der Waals surface area contributed by atoms with E-state index in [0.717, 1.165) is 18.5 Å². The summed E-state index contributed by atoms with van der Waals surface area (Å²) in [6.07, 6.45) is 1.05. The Balaban J connectivity index is 2.14. The fourth-order valence-electron chi connectivity index (χ4n) is 1.67. The average Bonchev–Trinajstić information content (AvgIpc) is 2.69. The molecule has 0 bridgehead atoms. The SMILES string of the molecule is CC(C)CCNc1nc2ccc([N+](=O)[O-])cc2[nH]1. The van der Waals surface area contributed by atoms with Crippen molar-refractivity contribution in [1.82, 2.24) is 9.97 Å². The van der Waals surface area contributed by atoms with Crippen LogP contribution in [-0.4, -0.2) is 21.4 Å². The second kappa shape index (κ2) is 5.03. The third kappa shape index (κ3) is 2.77. The molecule has 1 heterocycles. The molecular formula is C12H16N4O2. The molecule has 0 fully saturated rings. The molecule has 6 nitrogen and oxygen atoms in total. The largest absolute Gasteiger partial charge is 0.356 e. The Morgan fingerprint density at radius 3 is 2.94 bits per heavy atom. The molecular weight excluding hydrogens is 232 g/mol. The average molecular weight is 248 g/mol. The summed E-state index contributed by atoms with van der Waals surface area (Å²) in [5, 5.41) is 13.8. The van der Waals surface area contributed by atoms with E-state index in [4.69, 9.17) is 0 Å². The second-order valence-electron chi connectivity index (χ2n) is 4.65. The molecule has 0 saturated heterocycles. The van der Waals surface area contributed by atoms with E-state index in [1.54, 1.807) is 6.07 Å². The minimum absolute atomic E-state index is 0.0693. The first-order valence-electron chi connectivity index (χ1n) is 5.94. The maximum Gasteiger partial charge on any atom is 0.271 e. The quantitative estimate of drug-likeness (QED) is 0.629. The van der Waals surface area contributed by atoms with E-state index in [9.17, 15) is 10.1 Å². The van der Waals surface area contributed by atoms with Crippen LogP contribution in [-0.2, 0) is 0 Å². The summed E-state index contributed by atoms with van der Waals surface area (Å²) in [5.74, 6) is 1.29. The number of H-pyrrole nitrogens is 1. The second-order valence-corrected chi connectivity index (χ2v) is 4.65. The van der Waals surface area contributed by atoms with Gasteiger partial charge in [-0.15, -0.1) is 0 Å². The highest BCUT2D eigenvalue weighted by Gasteiger charge is 2.09. The molecule has 0 unspecified atom stereocenters. The van der Waals surface area contributed by atoms with E-state index in [2.05, 4.69) is 29.1 Å². The number of imidazole rings is 1. The first-order chi connectivity index (χ1) is 8.56. The van der Waals surface area contributed by atoms with Gasteiger partial charge in [-0.05, 0) is 18.4 Å². The molecule has 0 saturated carbocycles. The van der Waals surface area contributed by atoms with E-state index in [1.807, 2.05) is 0 Å². The fourth-order valence-corrected chi connectivity index (χ4v) is 1.67. The van der Waals surface area contributed by atoms with Crippen molar-refractivity contribution in [3.63, 3.8) is 0 Å². The van der Waals surface area contributed by atoms with E-state index >= 15 is 0 Å². The standard InChI is InChI=1S/C12H16N4O2/c1-8(2)5-6-13-12-14-10-4-3-9(16(17)18)7-11(10)15-12/h3-4,7-8H,5-6H2,1-2H3,(H2,13,14,15). The Bertz CT molecular complexity index is 562. The summed E-state index contributed by atoms with van der Waals surface area (Å²) in [6, 6.07) is 4.61. The van der Waals surface area contributed by atoms with Crippen molar-refractivity contribution in [3.05, 3.63) is 28.3 Å². The Kier molecular flexibility index (Phi) is 3.45. The van der Waals surface area contributed by atoms with Gasteiger partial charge in [0.15, 0.2) is 0 Å². The number of hydrogen-bond acceptors (Lipinski definition) is 4. The van der Waals surface area contributed by atoms with Crippen molar-refractivity contribution in [2.45, 2.75) is 20.3 Å². The first kappa shape index (κ1) is 12.3. The number of benzene rings is 1. The number of aromatic nitrogens is 2. The number of hydrogen-bond donors (Lipinski definition) is 2. The molecule has 6 heteroatoms. The summed E-state index contributed by atoms with van der Waals surface area (Å²) >= 11 is 0. The van der Waals surface area contributed by atoms with Gasteiger partial charge in [0.2, 0.25) is 5.95 Å². The molecule has 2 N–H and O–H groups in total. The predicted molar refractivity (Wildman–Crippen MR) is 70.7 cm³/mol. The van der Waals surface area contributed by atoms with Gasteiger partial charge in [-0.25, -0.2) is 4.98 Å². The van der Waals surface area contributed by atoms with Crippen molar-refractivity contribution in [3.8, 4) is 0 Å². The maximum absolute atomic E-state index is 10.7. The van der Waals surface area contributed by atoms with Gasteiger partial charge in [0, 0.05) is 18.7 Å². The monoisotopic (exact) mass is 248 g/mol. The van der Waals surface area contributed by atoms with E-state index in [1.165, 1.54) is 12.1 Å². The van der Waals surface area contributed by atoms with Crippen LogP contribution >= 0.6 is 0 Å². The zero-order valence-electron chi connectivity index (χ0n) is 10.4. The number of rotatable bonds is 5. The molecule has 2 rings (SSSR count). The van der Waals surface area contributed by atoms with Crippen molar-refractivity contribution >= 4 is 22.7 Å². The van der Waals surface area contributed by atoms with Gasteiger partial charge >= 0.3 is 0 Å². The zero-order valence-corrected chi connectivity index (χ0v) is 10.4. The summed E-state index contributed by atoms with van der Waals surface area (Å²) in [7, 11) is 0. The molecule has 0 radical (unpaired) electrons. The van der Waals surface area contributed by atoms with Crippen LogP contribution in [0.4, 0.5) is 11.6 Å². The lowest BCUT2D eigenvalue weighted by atomic mass is 10.1. The van der Waals surface area contributed by atoms with Gasteiger partial charge in [-0.1, -0.05) is 13.8 Å². The molecule has 18 heavy (non-hydrogen) atoms. The highest BCUT2D eigenvalue weighted by molar-refractivity contribution is 5.79. The van der Waals surface area contributed by atoms with Crippen LogP contribution in [0.5, 0.6) is 0 Å². The lowest BCUT2D eigenvalue weighted by molar-refractivity contribution is -0.384. The van der Waals surface area contributed by atoms with Crippen LogP contribution in [0.25, 0.3) is 11.0 Å². The lowest BCUT2D eigenvalue weighted by Gasteiger charge is -2.04. The third-order valence-electron chi connectivity index (χ3n) is 2.69. The van der Waals surface area contributed by atoms with Crippen LogP contribution in [0.2, 0.25) is 0 Å². The first-order valence-corrected chi connectivity index (χ1v) is 5.94. The number of nitro groups is 1. The molecule has 96 valence electrons. The maximum atomic E-state index is 10.7. The van der Waals surface area contributed by atoms with E-state index < -0.39 is 4.92 Å². The smallest absolute Gasteiger partial charge is 0.271 e. The van der Waals surface area contributed by atoms with Crippen LogP contribution in [0, 0.1) is 16.0 Å². The Hall–Kier alpha value is -2.11. The highest BCUT2D eigenvalue weighted by Crippen LogP contribution is 2.20. The van der Waals surface area contributed by atoms with Crippen LogP contribution in [0.15, 0.2) is 18.2 Å². The molecule has 1 aromatic carbocycles. The van der Waals surface area contributed by atoms with E-state index in [-0.39, 0.29) is 5.69 Å². The van der Waals surface area contributed by atoms with Crippen LogP contribution < -0.4 is 5.32 Å². The fraction of sp³-hybridized carbons (Fsp3) is 0.417. The molecule has 0 atom stereocenters. The third-order valence-corrected chi connectivity index (χ3v) is 2.69. The minimum atomic E-state index is -0.411. The summed E-state index contributed by atoms with van der Waals surface area (Å²) in [5.41, 5.74) is 1.48. The van der Waals surface area contributed by atoms with Gasteiger partial charge < -0.3 is 10.3 Å². The Morgan fingerprint density at radius 2 is 2.28 bits per heavy atom. The highest BCUT2D eigenvalue weighted by atomic mass is 16.6. The molecule has 0 amide bonds. The number of aromatic amines is 1. The molecule has 0 aliphatic heterocycles. The van der Waals surface area contributed by atoms with Crippen LogP contribution in [0.3, 0.4) is 0 Å². The molecule has 0 aliphatic rings. The summed E-state index contributed by atoms with van der Waals surface area (Å²) in [4.78, 5) is 17.6. The summed E-state index contributed by atoms with van der Waals surface area (Å²) in [6.45, 7) is 5.15. The topological polar surface area (TPSA) is 83.8 Å². The van der Waals surface area contributed by atoms with Crippen molar-refractivity contribution in [2.24, 2.45) is 5.92 Å². The van der Waals surface area contributed by atoms with Crippen LogP contribution in [0.1, 0.15) is 20.3 Å².